The van der Waals surface area contributed by atoms with Gasteiger partial charge in [0, 0.05) is 13.1 Å². The molecular formula is C12H18N2O2. The summed E-state index contributed by atoms with van der Waals surface area (Å²) in [5.41, 5.74) is 0.535. The van der Waals surface area contributed by atoms with Crippen LogP contribution in [0.15, 0.2) is 11.6 Å². The van der Waals surface area contributed by atoms with Crippen molar-refractivity contribution in [3.8, 4) is 6.07 Å². The Morgan fingerprint density at radius 3 is 2.88 bits per heavy atom. The van der Waals surface area contributed by atoms with Gasteiger partial charge >= 0.3 is 6.09 Å². The van der Waals surface area contributed by atoms with E-state index in [9.17, 15) is 4.79 Å². The Balaban J connectivity index is 2.54. The summed E-state index contributed by atoms with van der Waals surface area (Å²) in [5.74, 6) is 0. The average molecular weight is 222 g/mol. The predicted molar refractivity (Wildman–Crippen MR) is 60.7 cm³/mol. The molecule has 0 bridgehead atoms. The van der Waals surface area contributed by atoms with Crippen molar-refractivity contribution in [2.75, 3.05) is 13.1 Å². The van der Waals surface area contributed by atoms with Gasteiger partial charge in [0.1, 0.15) is 5.60 Å². The number of nitriles is 1. The first-order chi connectivity index (χ1) is 7.42. The zero-order valence-electron chi connectivity index (χ0n) is 10.1. The van der Waals surface area contributed by atoms with Crippen LogP contribution in [0.5, 0.6) is 0 Å². The largest absolute Gasteiger partial charge is 0.444 e. The van der Waals surface area contributed by atoms with Crippen LogP contribution >= 0.6 is 0 Å². The highest BCUT2D eigenvalue weighted by Gasteiger charge is 2.23. The zero-order valence-corrected chi connectivity index (χ0v) is 10.1. The third-order valence-corrected chi connectivity index (χ3v) is 2.18. The van der Waals surface area contributed by atoms with E-state index in [0.29, 0.717) is 19.5 Å². The van der Waals surface area contributed by atoms with Gasteiger partial charge in [0.05, 0.1) is 12.5 Å². The SMILES string of the molecule is CC(C)(C)OC(=O)N1CCC=C(CC#N)C1. The molecular weight excluding hydrogens is 204 g/mol. The molecule has 1 amide bonds. The van der Waals surface area contributed by atoms with Crippen LogP contribution < -0.4 is 0 Å². The van der Waals surface area contributed by atoms with Gasteiger partial charge in [-0.1, -0.05) is 6.08 Å². The summed E-state index contributed by atoms with van der Waals surface area (Å²) in [4.78, 5) is 13.4. The fraction of sp³-hybridized carbons (Fsp3) is 0.667. The van der Waals surface area contributed by atoms with Crippen LogP contribution in [-0.2, 0) is 4.74 Å². The standard InChI is InChI=1S/C12H18N2O2/c1-12(2,3)16-11(15)14-8-4-5-10(9-14)6-7-13/h5H,4,6,8-9H2,1-3H3. The molecule has 0 unspecified atom stereocenters. The zero-order chi connectivity index (χ0) is 12.2. The highest BCUT2D eigenvalue weighted by molar-refractivity contribution is 5.68. The summed E-state index contributed by atoms with van der Waals surface area (Å²) < 4.78 is 5.28. The molecule has 1 heterocycles. The van der Waals surface area contributed by atoms with E-state index >= 15 is 0 Å². The number of amides is 1. The van der Waals surface area contributed by atoms with E-state index in [1.54, 1.807) is 4.90 Å². The molecule has 0 fully saturated rings. The van der Waals surface area contributed by atoms with Gasteiger partial charge in [-0.05, 0) is 32.8 Å². The van der Waals surface area contributed by atoms with Crippen LogP contribution in [-0.4, -0.2) is 29.7 Å². The van der Waals surface area contributed by atoms with E-state index in [1.165, 1.54) is 0 Å². The minimum absolute atomic E-state index is 0.295. The van der Waals surface area contributed by atoms with Crippen LogP contribution in [0.2, 0.25) is 0 Å². The fourth-order valence-electron chi connectivity index (χ4n) is 1.53. The predicted octanol–water partition coefficient (Wildman–Crippen LogP) is 2.47. The van der Waals surface area contributed by atoms with Crippen molar-refractivity contribution in [3.63, 3.8) is 0 Å². The summed E-state index contributed by atoms with van der Waals surface area (Å²) in [6.45, 7) is 6.73. The minimum atomic E-state index is -0.465. The molecule has 88 valence electrons. The first-order valence-corrected chi connectivity index (χ1v) is 5.45. The maximum atomic E-state index is 11.8. The molecule has 0 spiro atoms. The van der Waals surface area contributed by atoms with E-state index < -0.39 is 5.60 Å². The Labute approximate surface area is 96.5 Å². The Morgan fingerprint density at radius 1 is 1.62 bits per heavy atom. The molecule has 1 aliphatic rings. The monoisotopic (exact) mass is 222 g/mol. The number of rotatable bonds is 1. The number of ether oxygens (including phenoxy) is 1. The van der Waals surface area contributed by atoms with Gasteiger partial charge in [-0.25, -0.2) is 4.79 Å². The first kappa shape index (κ1) is 12.6. The van der Waals surface area contributed by atoms with Crippen molar-refractivity contribution < 1.29 is 9.53 Å². The van der Waals surface area contributed by atoms with Crippen molar-refractivity contribution in [2.24, 2.45) is 0 Å². The lowest BCUT2D eigenvalue weighted by Crippen LogP contribution is -2.39. The van der Waals surface area contributed by atoms with Crippen LogP contribution in [0.25, 0.3) is 0 Å². The summed E-state index contributed by atoms with van der Waals surface area (Å²) >= 11 is 0. The second kappa shape index (κ2) is 5.02. The molecule has 4 nitrogen and oxygen atoms in total. The lowest BCUT2D eigenvalue weighted by Gasteiger charge is -2.29. The Hall–Kier alpha value is -1.50. The fourth-order valence-corrected chi connectivity index (χ4v) is 1.53. The van der Waals surface area contributed by atoms with Gasteiger partial charge in [-0.2, -0.15) is 5.26 Å². The Morgan fingerprint density at radius 2 is 2.31 bits per heavy atom. The van der Waals surface area contributed by atoms with Crippen molar-refractivity contribution in [2.45, 2.75) is 39.2 Å². The minimum Gasteiger partial charge on any atom is -0.444 e. The Bertz CT molecular complexity index is 334. The molecule has 0 saturated heterocycles. The van der Waals surface area contributed by atoms with E-state index in [0.717, 1.165) is 12.0 Å². The third-order valence-electron chi connectivity index (χ3n) is 2.18. The molecule has 0 radical (unpaired) electrons. The normalized spacial score (nSPS) is 16.4. The van der Waals surface area contributed by atoms with Gasteiger partial charge < -0.3 is 9.64 Å². The lowest BCUT2D eigenvalue weighted by atomic mass is 10.1. The average Bonchev–Trinajstić information content (AvgIpc) is 2.16. The number of carbonyl (C=O) groups is 1. The molecule has 0 aromatic rings. The number of nitrogens with zero attached hydrogens (tertiary/aromatic N) is 2. The van der Waals surface area contributed by atoms with Crippen molar-refractivity contribution >= 4 is 6.09 Å². The number of carbonyl (C=O) groups excluding carboxylic acids is 1. The van der Waals surface area contributed by atoms with Gasteiger partial charge in [0.25, 0.3) is 0 Å². The van der Waals surface area contributed by atoms with E-state index in [-0.39, 0.29) is 6.09 Å². The van der Waals surface area contributed by atoms with Crippen LogP contribution in [0, 0.1) is 11.3 Å². The van der Waals surface area contributed by atoms with Crippen molar-refractivity contribution in [1.82, 2.24) is 4.90 Å². The smallest absolute Gasteiger partial charge is 0.410 e. The molecule has 16 heavy (non-hydrogen) atoms. The quantitative estimate of drug-likeness (QED) is 0.640. The molecule has 4 heteroatoms. The van der Waals surface area contributed by atoms with Crippen LogP contribution in [0.4, 0.5) is 4.79 Å². The topological polar surface area (TPSA) is 53.3 Å². The molecule has 0 aromatic carbocycles. The summed E-state index contributed by atoms with van der Waals surface area (Å²) in [7, 11) is 0. The second-order valence-electron chi connectivity index (χ2n) is 4.89. The van der Waals surface area contributed by atoms with Crippen LogP contribution in [0.1, 0.15) is 33.6 Å². The maximum absolute atomic E-state index is 11.8. The second-order valence-corrected chi connectivity index (χ2v) is 4.89. The highest BCUT2D eigenvalue weighted by atomic mass is 16.6. The van der Waals surface area contributed by atoms with E-state index in [4.69, 9.17) is 10.00 Å². The van der Waals surface area contributed by atoms with Crippen molar-refractivity contribution in [1.29, 1.82) is 5.26 Å². The third kappa shape index (κ3) is 3.93. The number of hydrogen-bond acceptors (Lipinski definition) is 3. The van der Waals surface area contributed by atoms with Gasteiger partial charge in [0.2, 0.25) is 0 Å². The maximum Gasteiger partial charge on any atom is 0.410 e. The molecule has 0 saturated carbocycles. The lowest BCUT2D eigenvalue weighted by molar-refractivity contribution is 0.0261. The van der Waals surface area contributed by atoms with Crippen LogP contribution in [0.3, 0.4) is 0 Å². The summed E-state index contributed by atoms with van der Waals surface area (Å²) in [6, 6.07) is 2.10. The summed E-state index contributed by atoms with van der Waals surface area (Å²) in [6.07, 6.45) is 2.93. The summed E-state index contributed by atoms with van der Waals surface area (Å²) in [5, 5.41) is 8.60. The highest BCUT2D eigenvalue weighted by Crippen LogP contribution is 2.16. The van der Waals surface area contributed by atoms with Gasteiger partial charge in [0.15, 0.2) is 0 Å². The first-order valence-electron chi connectivity index (χ1n) is 5.45. The molecule has 0 aromatic heterocycles. The Kier molecular flexibility index (Phi) is 3.94. The van der Waals surface area contributed by atoms with E-state index in [1.807, 2.05) is 26.8 Å². The van der Waals surface area contributed by atoms with Gasteiger partial charge in [-0.3, -0.25) is 0 Å². The molecule has 0 atom stereocenters. The van der Waals surface area contributed by atoms with E-state index in [2.05, 4.69) is 6.07 Å². The number of hydrogen-bond donors (Lipinski definition) is 0. The molecule has 0 N–H and O–H groups in total. The molecule has 1 rings (SSSR count). The molecule has 1 aliphatic heterocycles. The van der Waals surface area contributed by atoms with Gasteiger partial charge in [-0.15, -0.1) is 0 Å². The molecule has 0 aliphatic carbocycles. The van der Waals surface area contributed by atoms with Crippen molar-refractivity contribution in [3.05, 3.63) is 11.6 Å².